The molecule has 1 aliphatic heterocycles. The normalized spacial score (nSPS) is 23.8. The van der Waals surface area contributed by atoms with Gasteiger partial charge in [-0.1, -0.05) is 0 Å². The van der Waals surface area contributed by atoms with Crippen LogP contribution in [0, 0.1) is 5.92 Å². The summed E-state index contributed by atoms with van der Waals surface area (Å²) in [7, 11) is 1.97. The molecule has 0 aromatic carbocycles. The maximum atomic E-state index is 11.0. The summed E-state index contributed by atoms with van der Waals surface area (Å²) in [5, 5.41) is 12.3. The Kier molecular flexibility index (Phi) is 1.89. The van der Waals surface area contributed by atoms with Crippen LogP contribution >= 0.6 is 0 Å². The number of rotatable bonds is 2. The van der Waals surface area contributed by atoms with E-state index in [9.17, 15) is 4.79 Å². The first-order valence-electron chi connectivity index (χ1n) is 5.49. The van der Waals surface area contributed by atoms with Gasteiger partial charge in [0.15, 0.2) is 0 Å². The summed E-state index contributed by atoms with van der Waals surface area (Å²) in [4.78, 5) is 13.0. The quantitative estimate of drug-likeness (QED) is 0.796. The first-order valence-corrected chi connectivity index (χ1v) is 5.49. The minimum Gasteiger partial charge on any atom is -0.475 e. The van der Waals surface area contributed by atoms with Crippen LogP contribution in [-0.2, 0) is 0 Å². The average Bonchev–Trinajstić information content (AvgIpc) is 2.98. The van der Waals surface area contributed by atoms with E-state index in [1.165, 1.54) is 19.1 Å². The number of nitrogens with zero attached hydrogens (tertiary/aromatic N) is 1. The molecule has 0 spiro atoms. The monoisotopic (exact) mass is 222 g/mol. The van der Waals surface area contributed by atoms with Crippen LogP contribution in [0.15, 0.2) is 10.7 Å². The Balaban J connectivity index is 1.96. The molecule has 1 fully saturated rings. The average molecular weight is 222 g/mol. The Morgan fingerprint density at radius 1 is 1.62 bits per heavy atom. The molecule has 86 valence electrons. The summed E-state index contributed by atoms with van der Waals surface area (Å²) >= 11 is 0. The van der Waals surface area contributed by atoms with Crippen molar-refractivity contribution < 1.29 is 14.3 Å². The van der Waals surface area contributed by atoms with Gasteiger partial charge in [-0.3, -0.25) is 0 Å². The summed E-state index contributed by atoms with van der Waals surface area (Å²) in [5.74, 6) is -0.307. The lowest BCUT2D eigenvalue weighted by atomic mass is 10.1. The van der Waals surface area contributed by atoms with Crippen LogP contribution in [0.25, 0.3) is 0 Å². The molecule has 2 aliphatic rings. The minimum atomic E-state index is -1.02. The van der Waals surface area contributed by atoms with E-state index in [-0.39, 0.29) is 5.76 Å². The lowest BCUT2D eigenvalue weighted by Gasteiger charge is -2.32. The van der Waals surface area contributed by atoms with Gasteiger partial charge in [-0.05, 0) is 18.8 Å². The third kappa shape index (κ3) is 1.35. The van der Waals surface area contributed by atoms with E-state index >= 15 is 0 Å². The minimum absolute atomic E-state index is 0.0206. The predicted molar refractivity (Wildman–Crippen MR) is 59.1 cm³/mol. The highest BCUT2D eigenvalue weighted by molar-refractivity contribution is 5.96. The standard InChI is InChI=1S/C11H14N2O3/c1-13-4-7(6-2-3-6)12-9-8(13)5-16-10(9)11(14)15/h5-7,12H,2-4H2,1H3,(H,14,15). The van der Waals surface area contributed by atoms with Crippen LogP contribution in [0.4, 0.5) is 11.4 Å². The highest BCUT2D eigenvalue weighted by Gasteiger charge is 2.37. The zero-order valence-electron chi connectivity index (χ0n) is 9.06. The fraction of sp³-hybridized carbons (Fsp3) is 0.545. The number of carbonyl (C=O) groups is 1. The van der Waals surface area contributed by atoms with Crippen LogP contribution in [0.1, 0.15) is 23.4 Å². The predicted octanol–water partition coefficient (Wildman–Crippen LogP) is 1.62. The van der Waals surface area contributed by atoms with Gasteiger partial charge >= 0.3 is 5.97 Å². The molecule has 2 N–H and O–H groups in total. The molecule has 5 heteroatoms. The van der Waals surface area contributed by atoms with Crippen LogP contribution in [0.5, 0.6) is 0 Å². The second-order valence-electron chi connectivity index (χ2n) is 4.60. The summed E-state index contributed by atoms with van der Waals surface area (Å²) in [6.45, 7) is 0.913. The Labute approximate surface area is 93.0 Å². The number of furan rings is 1. The number of anilines is 2. The fourth-order valence-electron chi connectivity index (χ4n) is 2.32. The third-order valence-electron chi connectivity index (χ3n) is 3.37. The van der Waals surface area contributed by atoms with Crippen molar-refractivity contribution in [1.29, 1.82) is 0 Å². The van der Waals surface area contributed by atoms with Crippen molar-refractivity contribution in [3.05, 3.63) is 12.0 Å². The maximum absolute atomic E-state index is 11.0. The van der Waals surface area contributed by atoms with Crippen molar-refractivity contribution in [2.24, 2.45) is 5.92 Å². The Bertz CT molecular complexity index is 436. The van der Waals surface area contributed by atoms with Crippen LogP contribution < -0.4 is 10.2 Å². The van der Waals surface area contributed by atoms with Gasteiger partial charge < -0.3 is 19.7 Å². The van der Waals surface area contributed by atoms with Gasteiger partial charge in [0, 0.05) is 19.6 Å². The van der Waals surface area contributed by atoms with E-state index < -0.39 is 5.97 Å². The van der Waals surface area contributed by atoms with Gasteiger partial charge in [-0.2, -0.15) is 0 Å². The van der Waals surface area contributed by atoms with E-state index in [4.69, 9.17) is 9.52 Å². The van der Waals surface area contributed by atoms with Gasteiger partial charge in [0.2, 0.25) is 5.76 Å². The lowest BCUT2D eigenvalue weighted by molar-refractivity contribution is 0.0664. The number of hydrogen-bond donors (Lipinski definition) is 2. The van der Waals surface area contributed by atoms with Gasteiger partial charge in [-0.15, -0.1) is 0 Å². The van der Waals surface area contributed by atoms with Crippen molar-refractivity contribution in [1.82, 2.24) is 0 Å². The molecule has 0 saturated heterocycles. The number of fused-ring (bicyclic) bond motifs is 1. The van der Waals surface area contributed by atoms with Crippen LogP contribution in [-0.4, -0.2) is 30.7 Å². The molecule has 0 bridgehead atoms. The maximum Gasteiger partial charge on any atom is 0.374 e. The van der Waals surface area contributed by atoms with Crippen molar-refractivity contribution >= 4 is 17.3 Å². The molecule has 1 unspecified atom stereocenters. The molecule has 0 amide bonds. The molecule has 5 nitrogen and oxygen atoms in total. The highest BCUT2D eigenvalue weighted by Crippen LogP contribution is 2.41. The number of likely N-dealkylation sites (N-methyl/N-ethyl adjacent to an activating group) is 1. The molecule has 0 radical (unpaired) electrons. The van der Waals surface area contributed by atoms with Gasteiger partial charge in [0.05, 0.1) is 5.69 Å². The lowest BCUT2D eigenvalue weighted by Crippen LogP contribution is -2.40. The van der Waals surface area contributed by atoms with Crippen molar-refractivity contribution in [2.75, 3.05) is 23.8 Å². The summed E-state index contributed by atoms with van der Waals surface area (Å²) in [5.41, 5.74) is 1.48. The third-order valence-corrected chi connectivity index (χ3v) is 3.37. The first kappa shape index (κ1) is 9.57. The van der Waals surface area contributed by atoms with E-state index in [1.807, 2.05) is 7.05 Å². The summed E-state index contributed by atoms with van der Waals surface area (Å²) in [6, 6.07) is 0.355. The van der Waals surface area contributed by atoms with Gasteiger partial charge in [-0.25, -0.2) is 4.79 Å². The molecular formula is C11H14N2O3. The van der Waals surface area contributed by atoms with Crippen molar-refractivity contribution in [3.63, 3.8) is 0 Å². The molecule has 16 heavy (non-hydrogen) atoms. The van der Waals surface area contributed by atoms with Crippen molar-refractivity contribution in [3.8, 4) is 0 Å². The van der Waals surface area contributed by atoms with Gasteiger partial charge in [0.25, 0.3) is 0 Å². The smallest absolute Gasteiger partial charge is 0.374 e. The van der Waals surface area contributed by atoms with E-state index in [2.05, 4.69) is 10.2 Å². The second-order valence-corrected chi connectivity index (χ2v) is 4.60. The topological polar surface area (TPSA) is 65.7 Å². The molecule has 1 aromatic rings. The Morgan fingerprint density at radius 2 is 2.38 bits per heavy atom. The number of aromatic carboxylic acids is 1. The highest BCUT2D eigenvalue weighted by atomic mass is 16.4. The first-order chi connectivity index (χ1) is 7.66. The number of nitrogens with one attached hydrogen (secondary N) is 1. The van der Waals surface area contributed by atoms with Crippen LogP contribution in [0.3, 0.4) is 0 Å². The molecule has 1 aromatic heterocycles. The molecule has 1 aliphatic carbocycles. The molecule has 1 saturated carbocycles. The van der Waals surface area contributed by atoms with E-state index in [1.54, 1.807) is 0 Å². The molecule has 2 heterocycles. The second kappa shape index (κ2) is 3.17. The van der Waals surface area contributed by atoms with Crippen molar-refractivity contribution in [2.45, 2.75) is 18.9 Å². The van der Waals surface area contributed by atoms with Crippen LogP contribution in [0.2, 0.25) is 0 Å². The molecule has 1 atom stereocenters. The zero-order chi connectivity index (χ0) is 11.3. The van der Waals surface area contributed by atoms with E-state index in [0.717, 1.165) is 12.2 Å². The number of carboxylic acid groups (broad SMARTS) is 1. The zero-order valence-corrected chi connectivity index (χ0v) is 9.06. The number of carboxylic acids is 1. The van der Waals surface area contributed by atoms with Gasteiger partial charge in [0.1, 0.15) is 12.0 Å². The largest absolute Gasteiger partial charge is 0.475 e. The molecular weight excluding hydrogens is 208 g/mol. The summed E-state index contributed by atoms with van der Waals surface area (Å²) in [6.07, 6.45) is 3.98. The van der Waals surface area contributed by atoms with E-state index in [0.29, 0.717) is 17.6 Å². The Hall–Kier alpha value is -1.65. The molecule has 3 rings (SSSR count). The number of hydrogen-bond acceptors (Lipinski definition) is 4. The fourth-order valence-corrected chi connectivity index (χ4v) is 2.32. The Morgan fingerprint density at radius 3 is 3.00 bits per heavy atom. The summed E-state index contributed by atoms with van der Waals surface area (Å²) < 4.78 is 5.09. The SMILES string of the molecule is CN1CC(C2CC2)Nc2c1coc2C(=O)O.